The van der Waals surface area contributed by atoms with Gasteiger partial charge in [0.05, 0.1) is 6.07 Å². The fraction of sp³-hybridized carbons (Fsp3) is 0.389. The van der Waals surface area contributed by atoms with E-state index in [1.165, 1.54) is 0 Å². The Morgan fingerprint density at radius 2 is 2.24 bits per heavy atom. The Kier molecular flexibility index (Phi) is 4.89. The van der Waals surface area contributed by atoms with Crippen LogP contribution < -0.4 is 5.32 Å². The quantitative estimate of drug-likeness (QED) is 0.777. The molecule has 1 aromatic heterocycles. The molecule has 1 atom stereocenters. The van der Waals surface area contributed by atoms with Crippen molar-refractivity contribution in [2.45, 2.75) is 38.5 Å². The fourth-order valence-electron chi connectivity index (χ4n) is 2.47. The van der Waals surface area contributed by atoms with Crippen LogP contribution in [0.4, 0.5) is 5.69 Å². The van der Waals surface area contributed by atoms with Crippen LogP contribution >= 0.6 is 0 Å². The molecular formula is C18H18N4O3. The number of nitriles is 1. The van der Waals surface area contributed by atoms with Crippen molar-refractivity contribution in [3.05, 3.63) is 41.5 Å². The van der Waals surface area contributed by atoms with Gasteiger partial charge in [-0.05, 0) is 37.5 Å². The number of carbonyl (C=O) groups excluding carboxylic acids is 2. The second-order valence-corrected chi connectivity index (χ2v) is 6.21. The number of carbonyl (C=O) groups is 2. The maximum Gasteiger partial charge on any atom is 0.249 e. The number of rotatable bonds is 7. The van der Waals surface area contributed by atoms with E-state index < -0.39 is 17.6 Å². The minimum atomic E-state index is -1.36. The van der Waals surface area contributed by atoms with E-state index in [0.717, 1.165) is 18.4 Å². The summed E-state index contributed by atoms with van der Waals surface area (Å²) in [5.41, 5.74) is 1.53. The summed E-state index contributed by atoms with van der Waals surface area (Å²) in [5.74, 6) is -1.02. The molecule has 1 amide bonds. The summed E-state index contributed by atoms with van der Waals surface area (Å²) in [6.07, 6.45) is 2.36. The molecule has 1 aromatic carbocycles. The average molecular weight is 338 g/mol. The van der Waals surface area contributed by atoms with E-state index in [2.05, 4.69) is 15.5 Å². The predicted molar refractivity (Wildman–Crippen MR) is 88.5 cm³/mol. The molecule has 0 spiro atoms. The van der Waals surface area contributed by atoms with Gasteiger partial charge in [-0.25, -0.2) is 0 Å². The third-order valence-electron chi connectivity index (χ3n) is 4.01. The van der Waals surface area contributed by atoms with Crippen LogP contribution in [-0.4, -0.2) is 21.8 Å². The van der Waals surface area contributed by atoms with Gasteiger partial charge in [0.2, 0.25) is 11.8 Å². The molecule has 1 fully saturated rings. The Hall–Kier alpha value is -3.01. The first-order chi connectivity index (χ1) is 12.1. The molecule has 0 unspecified atom stereocenters. The van der Waals surface area contributed by atoms with Crippen LogP contribution in [0.1, 0.15) is 42.5 Å². The van der Waals surface area contributed by atoms with Crippen LogP contribution in [0.5, 0.6) is 0 Å². The summed E-state index contributed by atoms with van der Waals surface area (Å²) in [6, 6.07) is 8.94. The lowest BCUT2D eigenvalue weighted by Gasteiger charge is -2.09. The largest absolute Gasteiger partial charge is 0.339 e. The standard InChI is InChI=1S/C18H18N4O3/c1-11-3-2-4-13(9-11)20-18(24)14(10-19)15(23)7-8-16-21-17(22-25-16)12-5-6-12/h2-4,9,12,14H,5-8H2,1H3,(H,20,24)/t14-/m0/s1. The monoisotopic (exact) mass is 338 g/mol. The molecule has 25 heavy (non-hydrogen) atoms. The Morgan fingerprint density at radius 1 is 1.44 bits per heavy atom. The van der Waals surface area contributed by atoms with E-state index in [4.69, 9.17) is 4.52 Å². The van der Waals surface area contributed by atoms with Crippen molar-refractivity contribution in [3.8, 4) is 6.07 Å². The highest BCUT2D eigenvalue weighted by molar-refractivity contribution is 6.09. The number of aromatic nitrogens is 2. The number of hydrogen-bond acceptors (Lipinski definition) is 6. The number of amides is 1. The van der Waals surface area contributed by atoms with Gasteiger partial charge in [-0.1, -0.05) is 17.3 Å². The zero-order chi connectivity index (χ0) is 17.8. The fourth-order valence-corrected chi connectivity index (χ4v) is 2.47. The maximum absolute atomic E-state index is 12.2. The normalized spacial score (nSPS) is 14.6. The summed E-state index contributed by atoms with van der Waals surface area (Å²) in [7, 11) is 0. The zero-order valence-electron chi connectivity index (χ0n) is 13.9. The molecule has 7 nitrogen and oxygen atoms in total. The van der Waals surface area contributed by atoms with Gasteiger partial charge in [-0.15, -0.1) is 0 Å². The number of nitrogens with one attached hydrogen (secondary N) is 1. The SMILES string of the molecule is Cc1cccc(NC(=O)[C@@H](C#N)C(=O)CCc2nc(C3CC3)no2)c1. The van der Waals surface area contributed by atoms with Crippen molar-refractivity contribution in [1.29, 1.82) is 5.26 Å². The van der Waals surface area contributed by atoms with Crippen LogP contribution in [0.3, 0.4) is 0 Å². The van der Waals surface area contributed by atoms with Gasteiger partial charge in [-0.2, -0.15) is 10.2 Å². The summed E-state index contributed by atoms with van der Waals surface area (Å²) >= 11 is 0. The molecule has 3 rings (SSSR count). The van der Waals surface area contributed by atoms with Crippen molar-refractivity contribution < 1.29 is 14.1 Å². The van der Waals surface area contributed by atoms with Gasteiger partial charge < -0.3 is 9.84 Å². The van der Waals surface area contributed by atoms with Gasteiger partial charge in [0.25, 0.3) is 0 Å². The molecule has 1 N–H and O–H groups in total. The second-order valence-electron chi connectivity index (χ2n) is 6.21. The molecule has 0 bridgehead atoms. The Bertz CT molecular complexity index is 833. The van der Waals surface area contributed by atoms with Crippen molar-refractivity contribution in [3.63, 3.8) is 0 Å². The summed E-state index contributed by atoms with van der Waals surface area (Å²) in [4.78, 5) is 28.7. The number of nitrogens with zero attached hydrogens (tertiary/aromatic N) is 3. The van der Waals surface area contributed by atoms with Gasteiger partial charge in [0, 0.05) is 24.4 Å². The van der Waals surface area contributed by atoms with Crippen LogP contribution in [-0.2, 0) is 16.0 Å². The van der Waals surface area contributed by atoms with Crippen molar-refractivity contribution in [1.82, 2.24) is 10.1 Å². The lowest BCUT2D eigenvalue weighted by molar-refractivity contribution is -0.128. The number of benzene rings is 1. The first-order valence-electron chi connectivity index (χ1n) is 8.19. The number of aryl methyl sites for hydroxylation is 2. The number of ketones is 1. The van der Waals surface area contributed by atoms with Crippen LogP contribution in [0.2, 0.25) is 0 Å². The molecule has 1 saturated carbocycles. The molecule has 128 valence electrons. The second kappa shape index (κ2) is 7.26. The predicted octanol–water partition coefficient (Wildman–Crippen LogP) is 2.54. The Balaban J connectivity index is 1.56. The molecular weight excluding hydrogens is 320 g/mol. The van der Waals surface area contributed by atoms with Crippen molar-refractivity contribution >= 4 is 17.4 Å². The van der Waals surface area contributed by atoms with Gasteiger partial charge in [0.1, 0.15) is 0 Å². The highest BCUT2D eigenvalue weighted by Crippen LogP contribution is 2.38. The topological polar surface area (TPSA) is 109 Å². The van der Waals surface area contributed by atoms with E-state index in [9.17, 15) is 14.9 Å². The van der Waals surface area contributed by atoms with Crippen LogP contribution in [0.25, 0.3) is 0 Å². The van der Waals surface area contributed by atoms with Gasteiger partial charge >= 0.3 is 0 Å². The third-order valence-corrected chi connectivity index (χ3v) is 4.01. The van der Waals surface area contributed by atoms with E-state index in [-0.39, 0.29) is 12.8 Å². The number of Topliss-reactive ketones (excluding diaryl/α,β-unsaturated/α-hetero) is 1. The highest BCUT2D eigenvalue weighted by Gasteiger charge is 2.30. The van der Waals surface area contributed by atoms with E-state index in [1.807, 2.05) is 13.0 Å². The first-order valence-corrected chi connectivity index (χ1v) is 8.19. The van der Waals surface area contributed by atoms with E-state index in [1.54, 1.807) is 24.3 Å². The lowest BCUT2D eigenvalue weighted by atomic mass is 10.0. The highest BCUT2D eigenvalue weighted by atomic mass is 16.5. The van der Waals surface area contributed by atoms with E-state index >= 15 is 0 Å². The molecule has 1 aliphatic rings. The van der Waals surface area contributed by atoms with Gasteiger partial charge in [-0.3, -0.25) is 9.59 Å². The smallest absolute Gasteiger partial charge is 0.249 e. The summed E-state index contributed by atoms with van der Waals surface area (Å²) in [6.45, 7) is 1.89. The third kappa shape index (κ3) is 4.29. The Morgan fingerprint density at radius 3 is 2.92 bits per heavy atom. The summed E-state index contributed by atoms with van der Waals surface area (Å²) < 4.78 is 5.10. The molecule has 0 radical (unpaired) electrons. The molecule has 0 saturated heterocycles. The minimum absolute atomic E-state index is 0.00572. The van der Waals surface area contributed by atoms with Crippen molar-refractivity contribution in [2.75, 3.05) is 5.32 Å². The zero-order valence-corrected chi connectivity index (χ0v) is 13.9. The number of hydrogen-bond donors (Lipinski definition) is 1. The van der Waals surface area contributed by atoms with Crippen LogP contribution in [0, 0.1) is 24.2 Å². The Labute approximate surface area is 145 Å². The molecule has 1 aliphatic carbocycles. The molecule has 1 heterocycles. The number of anilines is 1. The molecule has 2 aromatic rings. The summed E-state index contributed by atoms with van der Waals surface area (Å²) in [5, 5.41) is 15.7. The molecule has 7 heteroatoms. The lowest BCUT2D eigenvalue weighted by Crippen LogP contribution is -2.28. The average Bonchev–Trinajstić information content (AvgIpc) is 3.32. The van der Waals surface area contributed by atoms with Crippen molar-refractivity contribution in [2.24, 2.45) is 5.92 Å². The molecule has 0 aliphatic heterocycles. The first kappa shape index (κ1) is 16.8. The minimum Gasteiger partial charge on any atom is -0.339 e. The maximum atomic E-state index is 12.2. The van der Waals surface area contributed by atoms with Gasteiger partial charge in [0.15, 0.2) is 17.5 Å². The van der Waals surface area contributed by atoms with Crippen LogP contribution in [0.15, 0.2) is 28.8 Å². The van der Waals surface area contributed by atoms with E-state index in [0.29, 0.717) is 23.3 Å².